The molecule has 1 saturated heterocycles. The molecule has 2 amide bonds. The highest BCUT2D eigenvalue weighted by Crippen LogP contribution is 2.44. The van der Waals surface area contributed by atoms with Crippen LogP contribution < -0.4 is 0 Å². The molecular weight excluding hydrogens is 254 g/mol. The summed E-state index contributed by atoms with van der Waals surface area (Å²) >= 11 is 0. The highest BCUT2D eigenvalue weighted by Gasteiger charge is 2.52. The average Bonchev–Trinajstić information content (AvgIpc) is 2.97. The van der Waals surface area contributed by atoms with Crippen LogP contribution in [0.15, 0.2) is 0 Å². The second kappa shape index (κ2) is 5.47. The van der Waals surface area contributed by atoms with Gasteiger partial charge in [-0.15, -0.1) is 0 Å². The van der Waals surface area contributed by atoms with Gasteiger partial charge < -0.3 is 5.11 Å². The van der Waals surface area contributed by atoms with Gasteiger partial charge in [-0.05, 0) is 50.4 Å². The number of rotatable bonds is 3. The van der Waals surface area contributed by atoms with E-state index in [1.165, 1.54) is 0 Å². The van der Waals surface area contributed by atoms with Crippen LogP contribution in [-0.2, 0) is 9.59 Å². The molecule has 4 nitrogen and oxygen atoms in total. The monoisotopic (exact) mass is 279 g/mol. The Balaban J connectivity index is 1.62. The molecular formula is C16H25NO3. The Morgan fingerprint density at radius 2 is 1.55 bits per heavy atom. The third-order valence-corrected chi connectivity index (χ3v) is 5.66. The first-order valence-electron chi connectivity index (χ1n) is 8.13. The van der Waals surface area contributed by atoms with Crippen molar-refractivity contribution in [2.24, 2.45) is 23.7 Å². The normalized spacial score (nSPS) is 41.3. The van der Waals surface area contributed by atoms with E-state index in [2.05, 4.69) is 6.92 Å². The van der Waals surface area contributed by atoms with Crippen LogP contribution in [0.5, 0.6) is 0 Å². The zero-order valence-electron chi connectivity index (χ0n) is 12.3. The molecule has 3 fully saturated rings. The van der Waals surface area contributed by atoms with Crippen molar-refractivity contribution in [1.82, 2.24) is 4.90 Å². The predicted octanol–water partition coefficient (Wildman–Crippen LogP) is 1.96. The van der Waals surface area contributed by atoms with E-state index in [9.17, 15) is 14.7 Å². The number of carbonyl (C=O) groups excluding carboxylic acids is 2. The lowest BCUT2D eigenvalue weighted by molar-refractivity contribution is -0.141. The van der Waals surface area contributed by atoms with E-state index in [0.29, 0.717) is 18.4 Å². The molecule has 2 saturated carbocycles. The topological polar surface area (TPSA) is 57.6 Å². The first-order chi connectivity index (χ1) is 9.60. The van der Waals surface area contributed by atoms with Crippen molar-refractivity contribution < 1.29 is 14.7 Å². The van der Waals surface area contributed by atoms with Gasteiger partial charge in [0.1, 0.15) is 0 Å². The van der Waals surface area contributed by atoms with Crippen LogP contribution in [0.1, 0.15) is 51.9 Å². The Bertz CT molecular complexity index is 377. The zero-order valence-corrected chi connectivity index (χ0v) is 12.3. The maximum Gasteiger partial charge on any atom is 0.233 e. The summed E-state index contributed by atoms with van der Waals surface area (Å²) in [5, 5.41) is 9.53. The van der Waals surface area contributed by atoms with Crippen molar-refractivity contribution >= 4 is 11.8 Å². The van der Waals surface area contributed by atoms with Crippen molar-refractivity contribution in [2.45, 2.75) is 58.0 Å². The van der Waals surface area contributed by atoms with Crippen LogP contribution in [-0.4, -0.2) is 34.5 Å². The molecule has 0 bridgehead atoms. The van der Waals surface area contributed by atoms with Crippen LogP contribution in [0.25, 0.3) is 0 Å². The largest absolute Gasteiger partial charge is 0.393 e. The summed E-state index contributed by atoms with van der Waals surface area (Å²) in [5.74, 6) is 1.07. The summed E-state index contributed by atoms with van der Waals surface area (Å²) in [7, 11) is 0. The first kappa shape index (κ1) is 14.1. The van der Waals surface area contributed by atoms with E-state index in [-0.39, 0.29) is 29.8 Å². The number of aliphatic hydroxyl groups is 1. The smallest absolute Gasteiger partial charge is 0.233 e. The molecule has 112 valence electrons. The molecule has 20 heavy (non-hydrogen) atoms. The SMILES string of the molecule is CCC1CC2C(=O)N(CC3CCC(O)CC3)C(=O)C2C1. The van der Waals surface area contributed by atoms with Crippen LogP contribution in [0.3, 0.4) is 0 Å². The Morgan fingerprint density at radius 1 is 1.00 bits per heavy atom. The number of aliphatic hydroxyl groups excluding tert-OH is 1. The standard InChI is InChI=1S/C16H25NO3/c1-2-10-7-13-14(8-10)16(20)17(15(13)19)9-11-3-5-12(18)6-4-11/h10-14,18H,2-9H2,1H3. The molecule has 3 rings (SSSR count). The number of carbonyl (C=O) groups is 2. The average molecular weight is 279 g/mol. The zero-order chi connectivity index (χ0) is 14.3. The molecule has 0 radical (unpaired) electrons. The number of likely N-dealkylation sites (tertiary alicyclic amines) is 1. The Labute approximate surface area is 120 Å². The minimum atomic E-state index is -0.180. The van der Waals surface area contributed by atoms with Gasteiger partial charge in [0.2, 0.25) is 11.8 Å². The second-order valence-electron chi connectivity index (χ2n) is 6.92. The Morgan fingerprint density at radius 3 is 2.05 bits per heavy atom. The number of imide groups is 1. The summed E-state index contributed by atoms with van der Waals surface area (Å²) in [6.45, 7) is 2.74. The van der Waals surface area contributed by atoms with Crippen LogP contribution in [0.2, 0.25) is 0 Å². The molecule has 1 aliphatic heterocycles. The minimum absolute atomic E-state index is 0.0263. The molecule has 4 heteroatoms. The fraction of sp³-hybridized carbons (Fsp3) is 0.875. The Hall–Kier alpha value is -0.900. The number of fused-ring (bicyclic) bond motifs is 1. The van der Waals surface area contributed by atoms with Gasteiger partial charge in [-0.1, -0.05) is 13.3 Å². The van der Waals surface area contributed by atoms with Gasteiger partial charge in [-0.25, -0.2) is 0 Å². The molecule has 2 aliphatic carbocycles. The highest BCUT2D eigenvalue weighted by molar-refractivity contribution is 6.05. The molecule has 3 aliphatic rings. The highest BCUT2D eigenvalue weighted by atomic mass is 16.3. The number of hydrogen-bond acceptors (Lipinski definition) is 3. The van der Waals surface area contributed by atoms with Gasteiger partial charge >= 0.3 is 0 Å². The third kappa shape index (κ3) is 2.39. The summed E-state index contributed by atoms with van der Waals surface area (Å²) in [5.41, 5.74) is 0. The molecule has 1 heterocycles. The van der Waals surface area contributed by atoms with Crippen molar-refractivity contribution in [3.8, 4) is 0 Å². The molecule has 1 N–H and O–H groups in total. The minimum Gasteiger partial charge on any atom is -0.393 e. The van der Waals surface area contributed by atoms with Crippen molar-refractivity contribution in [1.29, 1.82) is 0 Å². The fourth-order valence-corrected chi connectivity index (χ4v) is 4.30. The van der Waals surface area contributed by atoms with E-state index in [1.54, 1.807) is 4.90 Å². The number of nitrogens with zero attached hydrogens (tertiary/aromatic N) is 1. The van der Waals surface area contributed by atoms with Crippen LogP contribution in [0.4, 0.5) is 0 Å². The summed E-state index contributed by atoms with van der Waals surface area (Å²) in [6.07, 6.45) is 6.21. The first-order valence-corrected chi connectivity index (χ1v) is 8.13. The van der Waals surface area contributed by atoms with Gasteiger partial charge in [-0.3, -0.25) is 14.5 Å². The molecule has 0 spiro atoms. The summed E-state index contributed by atoms with van der Waals surface area (Å²) in [4.78, 5) is 26.5. The van der Waals surface area contributed by atoms with E-state index in [4.69, 9.17) is 0 Å². The van der Waals surface area contributed by atoms with Crippen molar-refractivity contribution in [3.05, 3.63) is 0 Å². The predicted molar refractivity (Wildman–Crippen MR) is 74.7 cm³/mol. The number of amides is 2. The van der Waals surface area contributed by atoms with E-state index in [1.807, 2.05) is 0 Å². The van der Waals surface area contributed by atoms with E-state index >= 15 is 0 Å². The van der Waals surface area contributed by atoms with Crippen LogP contribution >= 0.6 is 0 Å². The van der Waals surface area contributed by atoms with Gasteiger partial charge in [0.25, 0.3) is 0 Å². The van der Waals surface area contributed by atoms with Gasteiger partial charge in [-0.2, -0.15) is 0 Å². The molecule has 0 aromatic rings. The lowest BCUT2D eigenvalue weighted by Gasteiger charge is -2.29. The molecule has 0 aromatic heterocycles. The fourth-order valence-electron chi connectivity index (χ4n) is 4.30. The maximum atomic E-state index is 12.5. The quantitative estimate of drug-likeness (QED) is 0.803. The third-order valence-electron chi connectivity index (χ3n) is 5.66. The van der Waals surface area contributed by atoms with E-state index < -0.39 is 0 Å². The van der Waals surface area contributed by atoms with Crippen LogP contribution in [0, 0.1) is 23.7 Å². The molecule has 2 unspecified atom stereocenters. The van der Waals surface area contributed by atoms with Gasteiger partial charge in [0, 0.05) is 6.54 Å². The van der Waals surface area contributed by atoms with Gasteiger partial charge in [0.15, 0.2) is 0 Å². The second-order valence-corrected chi connectivity index (χ2v) is 6.92. The van der Waals surface area contributed by atoms with E-state index in [0.717, 1.165) is 44.9 Å². The van der Waals surface area contributed by atoms with Crippen molar-refractivity contribution in [2.75, 3.05) is 6.54 Å². The van der Waals surface area contributed by atoms with Gasteiger partial charge in [0.05, 0.1) is 17.9 Å². The molecule has 2 atom stereocenters. The summed E-state index contributed by atoms with van der Waals surface area (Å²) in [6, 6.07) is 0. The lowest BCUT2D eigenvalue weighted by atomic mass is 9.87. The maximum absolute atomic E-state index is 12.5. The summed E-state index contributed by atoms with van der Waals surface area (Å²) < 4.78 is 0. The Kier molecular flexibility index (Phi) is 3.85. The molecule has 0 aromatic carbocycles. The lowest BCUT2D eigenvalue weighted by Crippen LogP contribution is -2.38. The van der Waals surface area contributed by atoms with Crippen molar-refractivity contribution in [3.63, 3.8) is 0 Å². The number of hydrogen-bond donors (Lipinski definition) is 1.